The molecule has 0 bridgehead atoms. The molecule has 1 aromatic carbocycles. The van der Waals surface area contributed by atoms with Gasteiger partial charge in [0.25, 0.3) is 0 Å². The second-order valence-corrected chi connectivity index (χ2v) is 6.54. The molecular formula is C18H20N4O. The Hall–Kier alpha value is -2.43. The van der Waals surface area contributed by atoms with Crippen LogP contribution < -0.4 is 5.73 Å². The van der Waals surface area contributed by atoms with Gasteiger partial charge >= 0.3 is 0 Å². The Kier molecular flexibility index (Phi) is 3.48. The van der Waals surface area contributed by atoms with Crippen LogP contribution in [0.1, 0.15) is 44.3 Å². The fourth-order valence-corrected chi connectivity index (χ4v) is 3.47. The van der Waals surface area contributed by atoms with Gasteiger partial charge in [-0.3, -0.25) is 0 Å². The maximum Gasteiger partial charge on any atom is 0.220 e. The molecule has 5 heteroatoms. The van der Waals surface area contributed by atoms with Crippen molar-refractivity contribution in [3.05, 3.63) is 36.2 Å². The average molecular weight is 308 g/mol. The van der Waals surface area contributed by atoms with Crippen molar-refractivity contribution in [2.24, 2.45) is 5.92 Å². The Morgan fingerprint density at radius 1 is 1.13 bits per heavy atom. The van der Waals surface area contributed by atoms with E-state index in [1.54, 1.807) is 6.20 Å². The van der Waals surface area contributed by atoms with Crippen LogP contribution in [-0.4, -0.2) is 15.1 Å². The third-order valence-electron chi connectivity index (χ3n) is 4.86. The summed E-state index contributed by atoms with van der Waals surface area (Å²) in [5.74, 6) is 2.60. The number of fused-ring (bicyclic) bond motifs is 1. The monoisotopic (exact) mass is 308 g/mol. The number of nitrogen functional groups attached to an aromatic ring is 1. The Morgan fingerprint density at radius 3 is 2.74 bits per heavy atom. The van der Waals surface area contributed by atoms with Gasteiger partial charge in [0.2, 0.25) is 5.95 Å². The minimum Gasteiger partial charge on any atom is -0.368 e. The molecule has 0 spiro atoms. The number of rotatable bonds is 2. The Labute approximate surface area is 134 Å². The van der Waals surface area contributed by atoms with Crippen LogP contribution in [0, 0.1) is 5.92 Å². The molecule has 0 amide bonds. The maximum absolute atomic E-state index is 5.70. The van der Waals surface area contributed by atoms with Crippen molar-refractivity contribution in [3.63, 3.8) is 0 Å². The van der Waals surface area contributed by atoms with Crippen LogP contribution in [0.15, 0.2) is 35.0 Å². The van der Waals surface area contributed by atoms with Crippen molar-refractivity contribution in [1.29, 1.82) is 0 Å². The van der Waals surface area contributed by atoms with Crippen LogP contribution in [0.25, 0.3) is 22.2 Å². The van der Waals surface area contributed by atoms with E-state index >= 15 is 0 Å². The molecule has 5 nitrogen and oxygen atoms in total. The van der Waals surface area contributed by atoms with E-state index in [1.165, 1.54) is 25.7 Å². The van der Waals surface area contributed by atoms with E-state index in [0.29, 0.717) is 5.92 Å². The van der Waals surface area contributed by atoms with Crippen LogP contribution >= 0.6 is 0 Å². The molecule has 4 rings (SSSR count). The summed E-state index contributed by atoms with van der Waals surface area (Å²) in [6.07, 6.45) is 6.55. The molecule has 2 heterocycles. The molecule has 23 heavy (non-hydrogen) atoms. The van der Waals surface area contributed by atoms with Crippen LogP contribution in [0.2, 0.25) is 0 Å². The number of anilines is 1. The van der Waals surface area contributed by atoms with Gasteiger partial charge in [0.1, 0.15) is 11.3 Å². The second kappa shape index (κ2) is 5.65. The zero-order valence-corrected chi connectivity index (χ0v) is 13.2. The smallest absolute Gasteiger partial charge is 0.220 e. The van der Waals surface area contributed by atoms with Crippen LogP contribution in [0.3, 0.4) is 0 Å². The molecule has 0 saturated heterocycles. The number of nitrogens with zero attached hydrogens (tertiary/aromatic N) is 3. The van der Waals surface area contributed by atoms with Gasteiger partial charge in [0.05, 0.1) is 5.69 Å². The molecule has 118 valence electrons. The molecule has 2 aromatic heterocycles. The number of hydrogen-bond donors (Lipinski definition) is 1. The fourth-order valence-electron chi connectivity index (χ4n) is 3.47. The highest BCUT2D eigenvalue weighted by molar-refractivity contribution is 5.85. The Balaban J connectivity index is 1.74. The number of benzene rings is 1. The summed E-state index contributed by atoms with van der Waals surface area (Å²) in [5.41, 5.74) is 8.44. The lowest BCUT2D eigenvalue weighted by atomic mass is 9.81. The van der Waals surface area contributed by atoms with Gasteiger partial charge in [-0.25, -0.2) is 9.97 Å². The first-order valence-electron chi connectivity index (χ1n) is 8.19. The van der Waals surface area contributed by atoms with Gasteiger partial charge < -0.3 is 10.3 Å². The van der Waals surface area contributed by atoms with Crippen molar-refractivity contribution in [3.8, 4) is 11.3 Å². The molecule has 1 fully saturated rings. The molecule has 1 aliphatic rings. The van der Waals surface area contributed by atoms with E-state index in [2.05, 4.69) is 28.1 Å². The summed E-state index contributed by atoms with van der Waals surface area (Å²) in [6, 6.07) is 7.97. The summed E-state index contributed by atoms with van der Waals surface area (Å²) in [6.45, 7) is 2.33. The van der Waals surface area contributed by atoms with E-state index in [9.17, 15) is 0 Å². The summed E-state index contributed by atoms with van der Waals surface area (Å²) >= 11 is 0. The van der Waals surface area contributed by atoms with Gasteiger partial charge in [-0.15, -0.1) is 0 Å². The van der Waals surface area contributed by atoms with Gasteiger partial charge in [0.15, 0.2) is 0 Å². The maximum atomic E-state index is 5.70. The van der Waals surface area contributed by atoms with Crippen molar-refractivity contribution in [1.82, 2.24) is 15.1 Å². The lowest BCUT2D eigenvalue weighted by molar-refractivity contribution is 0.291. The second-order valence-electron chi connectivity index (χ2n) is 6.54. The minimum atomic E-state index is 0.286. The van der Waals surface area contributed by atoms with Gasteiger partial charge in [-0.2, -0.15) is 0 Å². The van der Waals surface area contributed by atoms with Crippen LogP contribution in [-0.2, 0) is 0 Å². The lowest BCUT2D eigenvalue weighted by Gasteiger charge is -2.24. The third kappa shape index (κ3) is 2.67. The SMILES string of the molecule is CC1CCC(c2onc3ccc(-c4ccnc(N)n4)cc23)CC1. The highest BCUT2D eigenvalue weighted by atomic mass is 16.5. The predicted molar refractivity (Wildman–Crippen MR) is 89.8 cm³/mol. The minimum absolute atomic E-state index is 0.286. The zero-order valence-electron chi connectivity index (χ0n) is 13.2. The van der Waals surface area contributed by atoms with E-state index < -0.39 is 0 Å². The van der Waals surface area contributed by atoms with Gasteiger partial charge in [0, 0.05) is 23.1 Å². The number of hydrogen-bond acceptors (Lipinski definition) is 5. The molecule has 0 atom stereocenters. The van der Waals surface area contributed by atoms with E-state index in [0.717, 1.165) is 33.8 Å². The molecule has 0 unspecified atom stereocenters. The zero-order chi connectivity index (χ0) is 15.8. The first-order chi connectivity index (χ1) is 11.2. The Bertz CT molecular complexity index is 834. The van der Waals surface area contributed by atoms with Gasteiger partial charge in [-0.05, 0) is 37.0 Å². The average Bonchev–Trinajstić information content (AvgIpc) is 2.99. The van der Waals surface area contributed by atoms with Crippen molar-refractivity contribution in [2.45, 2.75) is 38.5 Å². The molecule has 0 aliphatic heterocycles. The predicted octanol–water partition coefficient (Wildman–Crippen LogP) is 4.16. The van der Waals surface area contributed by atoms with Crippen molar-refractivity contribution in [2.75, 3.05) is 5.73 Å². The first-order valence-corrected chi connectivity index (χ1v) is 8.19. The molecule has 2 N–H and O–H groups in total. The fraction of sp³-hybridized carbons (Fsp3) is 0.389. The topological polar surface area (TPSA) is 77.8 Å². The normalized spacial score (nSPS) is 21.6. The standard InChI is InChI=1S/C18H20N4O/c1-11-2-4-12(5-3-11)17-14-10-13(6-7-16(14)22-23-17)15-8-9-20-18(19)21-15/h6-12H,2-5H2,1H3,(H2,19,20,21). The number of aromatic nitrogens is 3. The van der Waals surface area contributed by atoms with E-state index in [4.69, 9.17) is 10.3 Å². The van der Waals surface area contributed by atoms with Crippen molar-refractivity contribution >= 4 is 16.9 Å². The van der Waals surface area contributed by atoms with E-state index in [-0.39, 0.29) is 5.95 Å². The first kappa shape index (κ1) is 14.2. The van der Waals surface area contributed by atoms with Gasteiger partial charge in [-0.1, -0.05) is 31.0 Å². The van der Waals surface area contributed by atoms with E-state index in [1.807, 2.05) is 18.2 Å². The summed E-state index contributed by atoms with van der Waals surface area (Å²) in [7, 11) is 0. The molecule has 3 aromatic rings. The summed E-state index contributed by atoms with van der Waals surface area (Å²) < 4.78 is 5.70. The van der Waals surface area contributed by atoms with Crippen LogP contribution in [0.5, 0.6) is 0 Å². The summed E-state index contributed by atoms with van der Waals surface area (Å²) in [4.78, 5) is 8.25. The molecule has 0 radical (unpaired) electrons. The Morgan fingerprint density at radius 2 is 1.96 bits per heavy atom. The highest BCUT2D eigenvalue weighted by Gasteiger charge is 2.25. The summed E-state index contributed by atoms with van der Waals surface area (Å²) in [5, 5.41) is 5.33. The van der Waals surface area contributed by atoms with Crippen LogP contribution in [0.4, 0.5) is 5.95 Å². The molecule has 1 saturated carbocycles. The molecular weight excluding hydrogens is 288 g/mol. The third-order valence-corrected chi connectivity index (χ3v) is 4.86. The largest absolute Gasteiger partial charge is 0.368 e. The van der Waals surface area contributed by atoms with Crippen molar-refractivity contribution < 1.29 is 4.52 Å². The number of nitrogens with two attached hydrogens (primary N) is 1. The highest BCUT2D eigenvalue weighted by Crippen LogP contribution is 2.39. The molecule has 1 aliphatic carbocycles. The lowest BCUT2D eigenvalue weighted by Crippen LogP contribution is -2.10. The quantitative estimate of drug-likeness (QED) is 0.769.